The highest BCUT2D eigenvalue weighted by molar-refractivity contribution is 5.87. The summed E-state index contributed by atoms with van der Waals surface area (Å²) >= 11 is 0. The van der Waals surface area contributed by atoms with Gasteiger partial charge < -0.3 is 14.4 Å². The topological polar surface area (TPSA) is 79.3 Å². The molecule has 1 heterocycles. The van der Waals surface area contributed by atoms with E-state index in [9.17, 15) is 9.90 Å². The van der Waals surface area contributed by atoms with Gasteiger partial charge in [0.2, 0.25) is 5.69 Å². The number of nitrogens with zero attached hydrogens (tertiary/aromatic N) is 2. The van der Waals surface area contributed by atoms with Crippen molar-refractivity contribution in [2.45, 2.75) is 33.3 Å². The van der Waals surface area contributed by atoms with Crippen molar-refractivity contribution in [2.24, 2.45) is 0 Å². The third kappa shape index (κ3) is 3.94. The first-order chi connectivity index (χ1) is 10.3. The van der Waals surface area contributed by atoms with Crippen molar-refractivity contribution in [2.75, 3.05) is 0 Å². The summed E-state index contributed by atoms with van der Waals surface area (Å²) in [6, 6.07) is 7.40. The number of rotatable bonds is 3. The lowest BCUT2D eigenvalue weighted by atomic mass is 10.2. The standard InChI is InChI=1S/C16H18N2O4/c1-11-5-7-12(8-6-11)18-13(15(20)22-17-18)9-10-14(19)21-16(2,3)4/h5-10H,1-4H3. The van der Waals surface area contributed by atoms with Crippen LogP contribution in [-0.4, -0.2) is 16.8 Å². The first kappa shape index (κ1) is 15.8. The number of hydrogen-bond acceptors (Lipinski definition) is 5. The number of ether oxygens (including phenoxy) is 1. The Bertz CT molecular complexity index is 694. The maximum absolute atomic E-state index is 11.7. The van der Waals surface area contributed by atoms with Crippen molar-refractivity contribution >= 4 is 12.0 Å². The van der Waals surface area contributed by atoms with Gasteiger partial charge in [-0.25, -0.2) is 4.79 Å². The molecule has 2 aromatic rings. The summed E-state index contributed by atoms with van der Waals surface area (Å²) in [6.45, 7) is 7.26. The zero-order valence-corrected chi connectivity index (χ0v) is 13.0. The van der Waals surface area contributed by atoms with E-state index >= 15 is 0 Å². The molecule has 0 spiro atoms. The average molecular weight is 302 g/mol. The van der Waals surface area contributed by atoms with E-state index in [4.69, 9.17) is 4.74 Å². The van der Waals surface area contributed by atoms with Crippen molar-refractivity contribution in [3.05, 3.63) is 41.6 Å². The second kappa shape index (κ2) is 6.01. The first-order valence-electron chi connectivity index (χ1n) is 6.83. The lowest BCUT2D eigenvalue weighted by molar-refractivity contribution is -0.672. The fraction of sp³-hybridized carbons (Fsp3) is 0.312. The molecule has 1 aromatic carbocycles. The van der Waals surface area contributed by atoms with Crippen LogP contribution >= 0.6 is 0 Å². The van der Waals surface area contributed by atoms with Gasteiger partial charge in [0.25, 0.3) is 5.69 Å². The van der Waals surface area contributed by atoms with Gasteiger partial charge in [-0.2, -0.15) is 0 Å². The van der Waals surface area contributed by atoms with E-state index in [1.54, 1.807) is 20.8 Å². The Labute approximate surface area is 128 Å². The largest absolute Gasteiger partial charge is 0.539 e. The van der Waals surface area contributed by atoms with Crippen LogP contribution in [0.2, 0.25) is 0 Å². The highest BCUT2D eigenvalue weighted by Crippen LogP contribution is 2.13. The van der Waals surface area contributed by atoms with Gasteiger partial charge in [-0.1, -0.05) is 17.7 Å². The molecule has 1 aromatic heterocycles. The summed E-state index contributed by atoms with van der Waals surface area (Å²) in [7, 11) is 0. The Kier molecular flexibility index (Phi) is 4.30. The summed E-state index contributed by atoms with van der Waals surface area (Å²) in [5, 5.41) is 15.4. The van der Waals surface area contributed by atoms with E-state index in [1.807, 2.05) is 31.2 Å². The molecule has 0 unspecified atom stereocenters. The molecule has 6 nitrogen and oxygen atoms in total. The summed E-state index contributed by atoms with van der Waals surface area (Å²) in [6.07, 6.45) is 2.52. The van der Waals surface area contributed by atoms with Gasteiger partial charge in [0, 0.05) is 24.3 Å². The van der Waals surface area contributed by atoms with Crippen molar-refractivity contribution in [1.82, 2.24) is 5.27 Å². The molecule has 0 saturated heterocycles. The van der Waals surface area contributed by atoms with Gasteiger partial charge in [0.05, 0.1) is 5.27 Å². The molecule has 0 aliphatic heterocycles. The van der Waals surface area contributed by atoms with Gasteiger partial charge in [-0.3, -0.25) is 0 Å². The molecule has 0 bridgehead atoms. The number of benzene rings is 1. The third-order valence-electron chi connectivity index (χ3n) is 2.71. The van der Waals surface area contributed by atoms with Crippen LogP contribution in [0.1, 0.15) is 32.0 Å². The summed E-state index contributed by atoms with van der Waals surface area (Å²) in [5.41, 5.74) is 1.31. The van der Waals surface area contributed by atoms with Crippen LogP contribution in [-0.2, 0) is 9.53 Å². The molecule has 0 saturated carbocycles. The highest BCUT2D eigenvalue weighted by Gasteiger charge is 2.19. The quantitative estimate of drug-likeness (QED) is 0.490. The minimum Gasteiger partial charge on any atom is -0.539 e. The maximum atomic E-state index is 11.7. The lowest BCUT2D eigenvalue weighted by Gasteiger charge is -2.17. The lowest BCUT2D eigenvalue weighted by Crippen LogP contribution is -2.35. The third-order valence-corrected chi connectivity index (χ3v) is 2.71. The molecule has 0 fully saturated rings. The van der Waals surface area contributed by atoms with E-state index in [-0.39, 0.29) is 5.69 Å². The molecule has 0 aliphatic rings. The summed E-state index contributed by atoms with van der Waals surface area (Å²) in [5.74, 6) is -1.16. The first-order valence-corrected chi connectivity index (χ1v) is 6.83. The minimum absolute atomic E-state index is 0.148. The minimum atomic E-state index is -0.625. The molecule has 0 aliphatic carbocycles. The van der Waals surface area contributed by atoms with E-state index in [0.717, 1.165) is 5.56 Å². The fourth-order valence-electron chi connectivity index (χ4n) is 1.75. The summed E-state index contributed by atoms with van der Waals surface area (Å²) in [4.78, 5) is 11.7. The fourth-order valence-corrected chi connectivity index (χ4v) is 1.75. The molecular formula is C16H18N2O4. The summed E-state index contributed by atoms with van der Waals surface area (Å²) < 4.78 is 11.2. The SMILES string of the molecule is Cc1ccc(-[n+]2noc([O-])c2/C=C/C(=O)OC(C)(C)C)cc1. The Morgan fingerprint density at radius 2 is 1.95 bits per heavy atom. The van der Waals surface area contributed by atoms with Crippen LogP contribution in [0.5, 0.6) is 5.95 Å². The smallest absolute Gasteiger partial charge is 0.331 e. The van der Waals surface area contributed by atoms with Gasteiger partial charge >= 0.3 is 5.97 Å². The number of carbonyl (C=O) groups excluding carboxylic acids is 1. The predicted molar refractivity (Wildman–Crippen MR) is 77.1 cm³/mol. The van der Waals surface area contributed by atoms with Gasteiger partial charge in [-0.15, -0.1) is 0 Å². The van der Waals surface area contributed by atoms with Crippen LogP contribution < -0.4 is 9.79 Å². The molecule has 0 N–H and O–H groups in total. The number of hydrogen-bond donors (Lipinski definition) is 0. The maximum Gasteiger partial charge on any atom is 0.331 e. The van der Waals surface area contributed by atoms with Crippen molar-refractivity contribution in [3.8, 4) is 11.6 Å². The molecular weight excluding hydrogens is 284 g/mol. The number of aryl methyl sites for hydroxylation is 1. The monoisotopic (exact) mass is 302 g/mol. The average Bonchev–Trinajstić information content (AvgIpc) is 2.77. The van der Waals surface area contributed by atoms with Gasteiger partial charge in [0.15, 0.2) is 5.95 Å². The Balaban J connectivity index is 2.27. The zero-order valence-electron chi connectivity index (χ0n) is 13.0. The van der Waals surface area contributed by atoms with Crippen LogP contribution in [0.25, 0.3) is 11.8 Å². The van der Waals surface area contributed by atoms with Crippen LogP contribution in [0.3, 0.4) is 0 Å². The van der Waals surface area contributed by atoms with E-state index < -0.39 is 17.5 Å². The zero-order chi connectivity index (χ0) is 16.3. The molecule has 6 heteroatoms. The number of esters is 1. The van der Waals surface area contributed by atoms with Crippen LogP contribution in [0, 0.1) is 6.92 Å². The van der Waals surface area contributed by atoms with Crippen molar-refractivity contribution < 1.29 is 23.8 Å². The molecule has 116 valence electrons. The highest BCUT2D eigenvalue weighted by atomic mass is 16.6. The predicted octanol–water partition coefficient (Wildman–Crippen LogP) is 1.69. The molecule has 2 rings (SSSR count). The Morgan fingerprint density at radius 3 is 2.55 bits per heavy atom. The second-order valence-electron chi connectivity index (χ2n) is 5.86. The molecule has 0 amide bonds. The normalized spacial score (nSPS) is 11.8. The van der Waals surface area contributed by atoms with Gasteiger partial charge in [-0.05, 0) is 32.4 Å². The number of carbonyl (C=O) groups is 1. The van der Waals surface area contributed by atoms with E-state index in [0.29, 0.717) is 5.69 Å². The van der Waals surface area contributed by atoms with Crippen molar-refractivity contribution in [3.63, 3.8) is 0 Å². The van der Waals surface area contributed by atoms with Crippen molar-refractivity contribution in [1.29, 1.82) is 0 Å². The van der Waals surface area contributed by atoms with E-state index in [1.165, 1.54) is 16.8 Å². The molecule has 0 radical (unpaired) electrons. The number of aromatic nitrogens is 2. The van der Waals surface area contributed by atoms with E-state index in [2.05, 4.69) is 9.79 Å². The Hall–Kier alpha value is -2.63. The van der Waals surface area contributed by atoms with Crippen LogP contribution in [0.15, 0.2) is 34.9 Å². The second-order valence-corrected chi connectivity index (χ2v) is 5.86. The van der Waals surface area contributed by atoms with Crippen LogP contribution in [0.4, 0.5) is 0 Å². The molecule has 22 heavy (non-hydrogen) atoms. The van der Waals surface area contributed by atoms with Gasteiger partial charge in [0.1, 0.15) is 5.60 Å². The molecule has 0 atom stereocenters. The Morgan fingerprint density at radius 1 is 1.32 bits per heavy atom.